The molecule has 0 amide bonds. The summed E-state index contributed by atoms with van der Waals surface area (Å²) in [5.74, 6) is -7.09. The van der Waals surface area contributed by atoms with E-state index < -0.39 is 34.0 Å². The van der Waals surface area contributed by atoms with Crippen molar-refractivity contribution in [2.45, 2.75) is 0 Å². The Labute approximate surface area is 98.3 Å². The Balaban J connectivity index is 3.05. The molecule has 2 aromatic carbocycles. The molecule has 0 aliphatic carbocycles. The molecule has 2 aromatic rings. The second-order valence-corrected chi connectivity index (χ2v) is 3.42. The zero-order valence-corrected chi connectivity index (χ0v) is 8.56. The molecule has 0 N–H and O–H groups in total. The van der Waals surface area contributed by atoms with Gasteiger partial charge in [-0.05, 0) is 12.1 Å². The highest BCUT2D eigenvalue weighted by Crippen LogP contribution is 2.28. The lowest BCUT2D eigenvalue weighted by atomic mass is 10.0. The summed E-state index contributed by atoms with van der Waals surface area (Å²) in [7, 11) is 0. The summed E-state index contributed by atoms with van der Waals surface area (Å²) >= 11 is 0. The molecule has 88 valence electrons. The van der Waals surface area contributed by atoms with E-state index in [4.69, 9.17) is 10.5 Å². The van der Waals surface area contributed by atoms with Crippen LogP contribution >= 0.6 is 0 Å². The van der Waals surface area contributed by atoms with Gasteiger partial charge in [0.2, 0.25) is 0 Å². The number of nitrogens with zero attached hydrogens (tertiary/aromatic N) is 2. The molecule has 0 heterocycles. The van der Waals surface area contributed by atoms with Crippen molar-refractivity contribution in [3.05, 3.63) is 46.5 Å². The number of nitriles is 2. The largest absolute Gasteiger partial charge is 0.203 e. The summed E-state index contributed by atoms with van der Waals surface area (Å²) in [5, 5.41) is 16.3. The van der Waals surface area contributed by atoms with Crippen LogP contribution in [0.25, 0.3) is 10.8 Å². The number of benzene rings is 2. The Bertz CT molecular complexity index is 689. The third-order valence-electron chi connectivity index (χ3n) is 2.45. The van der Waals surface area contributed by atoms with E-state index in [0.717, 1.165) is 12.1 Å². The van der Waals surface area contributed by atoms with E-state index in [1.807, 2.05) is 0 Å². The number of fused-ring (bicyclic) bond motifs is 1. The molecule has 0 bridgehead atoms. The molecule has 0 aromatic heterocycles. The van der Waals surface area contributed by atoms with Gasteiger partial charge in [-0.2, -0.15) is 10.5 Å². The lowest BCUT2D eigenvalue weighted by Crippen LogP contribution is -1.99. The smallest absolute Gasteiger partial charge is 0.198 e. The van der Waals surface area contributed by atoms with Gasteiger partial charge in [0.15, 0.2) is 23.3 Å². The number of halogens is 4. The summed E-state index contributed by atoms with van der Waals surface area (Å²) in [6.07, 6.45) is 0. The van der Waals surface area contributed by atoms with Gasteiger partial charge in [0.25, 0.3) is 0 Å². The molecule has 0 atom stereocenters. The van der Waals surface area contributed by atoms with E-state index >= 15 is 0 Å². The zero-order chi connectivity index (χ0) is 13.4. The van der Waals surface area contributed by atoms with Crippen LogP contribution in [0.3, 0.4) is 0 Å². The average molecular weight is 250 g/mol. The standard InChI is InChI=1S/C12H2F4N2/c13-9-7-1-5(3-17)6(4-18)2-8(7)10(14)12(16)11(9)15/h1-2H. The maximum absolute atomic E-state index is 13.4. The van der Waals surface area contributed by atoms with Crippen LogP contribution in [-0.4, -0.2) is 0 Å². The fourth-order valence-corrected chi connectivity index (χ4v) is 1.58. The quantitative estimate of drug-likeness (QED) is 0.409. The van der Waals surface area contributed by atoms with Crippen LogP contribution in [0, 0.1) is 45.9 Å². The second kappa shape index (κ2) is 4.01. The number of hydrogen-bond acceptors (Lipinski definition) is 2. The van der Waals surface area contributed by atoms with Crippen molar-refractivity contribution in [2.75, 3.05) is 0 Å². The highest BCUT2D eigenvalue weighted by Gasteiger charge is 2.21. The van der Waals surface area contributed by atoms with Crippen LogP contribution in [0.5, 0.6) is 0 Å². The molecule has 0 unspecified atom stereocenters. The van der Waals surface area contributed by atoms with E-state index in [1.165, 1.54) is 0 Å². The highest BCUT2D eigenvalue weighted by molar-refractivity contribution is 5.87. The van der Waals surface area contributed by atoms with Gasteiger partial charge < -0.3 is 0 Å². The number of hydrogen-bond donors (Lipinski definition) is 0. The third kappa shape index (κ3) is 1.47. The van der Waals surface area contributed by atoms with Crippen LogP contribution < -0.4 is 0 Å². The molecule has 2 nitrogen and oxygen atoms in total. The van der Waals surface area contributed by atoms with Crippen molar-refractivity contribution in [3.63, 3.8) is 0 Å². The molecule has 0 spiro atoms. The molecule has 6 heteroatoms. The summed E-state index contributed by atoms with van der Waals surface area (Å²) < 4.78 is 52.8. The number of rotatable bonds is 0. The van der Waals surface area contributed by atoms with Gasteiger partial charge >= 0.3 is 0 Å². The minimum absolute atomic E-state index is 0.241. The Morgan fingerprint density at radius 2 is 1.00 bits per heavy atom. The lowest BCUT2D eigenvalue weighted by Gasteiger charge is -2.05. The van der Waals surface area contributed by atoms with E-state index in [1.54, 1.807) is 12.1 Å². The summed E-state index contributed by atoms with van der Waals surface area (Å²) in [5.41, 5.74) is -0.483. The summed E-state index contributed by atoms with van der Waals surface area (Å²) in [6, 6.07) is 4.81. The molecule has 0 fully saturated rings. The van der Waals surface area contributed by atoms with Crippen molar-refractivity contribution in [1.29, 1.82) is 10.5 Å². The lowest BCUT2D eigenvalue weighted by molar-refractivity contribution is 0.418. The Kier molecular flexibility index (Phi) is 2.64. The molecule has 0 aliphatic heterocycles. The Morgan fingerprint density at radius 3 is 1.28 bits per heavy atom. The first kappa shape index (κ1) is 11.9. The Morgan fingerprint density at radius 1 is 0.667 bits per heavy atom. The minimum atomic E-state index is -1.95. The van der Waals surface area contributed by atoms with Gasteiger partial charge in [-0.15, -0.1) is 0 Å². The highest BCUT2D eigenvalue weighted by atomic mass is 19.2. The SMILES string of the molecule is N#Cc1cc2c(F)c(F)c(F)c(F)c2cc1C#N. The zero-order valence-electron chi connectivity index (χ0n) is 8.56. The van der Waals surface area contributed by atoms with E-state index in [2.05, 4.69) is 0 Å². The van der Waals surface area contributed by atoms with Gasteiger partial charge in [0.05, 0.1) is 11.1 Å². The van der Waals surface area contributed by atoms with Crippen LogP contribution in [0.1, 0.15) is 11.1 Å². The molecule has 0 aliphatic rings. The fourth-order valence-electron chi connectivity index (χ4n) is 1.58. The second-order valence-electron chi connectivity index (χ2n) is 3.42. The monoisotopic (exact) mass is 250 g/mol. The molecule has 18 heavy (non-hydrogen) atoms. The normalized spacial score (nSPS) is 10.1. The summed E-state index contributed by atoms with van der Waals surface area (Å²) in [4.78, 5) is 0. The molecule has 0 saturated heterocycles. The van der Waals surface area contributed by atoms with E-state index in [0.29, 0.717) is 0 Å². The van der Waals surface area contributed by atoms with Gasteiger partial charge in [-0.1, -0.05) is 0 Å². The molecule has 0 radical (unpaired) electrons. The van der Waals surface area contributed by atoms with Crippen molar-refractivity contribution in [1.82, 2.24) is 0 Å². The first-order valence-corrected chi connectivity index (χ1v) is 4.61. The first-order valence-electron chi connectivity index (χ1n) is 4.61. The van der Waals surface area contributed by atoms with E-state index in [9.17, 15) is 17.6 Å². The van der Waals surface area contributed by atoms with Crippen LogP contribution in [-0.2, 0) is 0 Å². The van der Waals surface area contributed by atoms with Crippen molar-refractivity contribution >= 4 is 10.8 Å². The maximum atomic E-state index is 13.4. The van der Waals surface area contributed by atoms with Crippen LogP contribution in [0.2, 0.25) is 0 Å². The van der Waals surface area contributed by atoms with Gasteiger partial charge in [0.1, 0.15) is 12.1 Å². The maximum Gasteiger partial charge on any atom is 0.198 e. The topological polar surface area (TPSA) is 47.6 Å². The minimum Gasteiger partial charge on any atom is -0.203 e. The predicted octanol–water partition coefficient (Wildman–Crippen LogP) is 3.14. The molecule has 2 rings (SSSR count). The van der Waals surface area contributed by atoms with Gasteiger partial charge in [0, 0.05) is 10.8 Å². The summed E-state index contributed by atoms with van der Waals surface area (Å²) in [6.45, 7) is 0. The van der Waals surface area contributed by atoms with Crippen molar-refractivity contribution in [2.24, 2.45) is 0 Å². The average Bonchev–Trinajstić information content (AvgIpc) is 2.41. The van der Waals surface area contributed by atoms with Crippen LogP contribution in [0.4, 0.5) is 17.6 Å². The van der Waals surface area contributed by atoms with Crippen molar-refractivity contribution in [3.8, 4) is 12.1 Å². The molecular formula is C12H2F4N2. The van der Waals surface area contributed by atoms with E-state index in [-0.39, 0.29) is 11.1 Å². The van der Waals surface area contributed by atoms with Gasteiger partial charge in [-0.3, -0.25) is 0 Å². The third-order valence-corrected chi connectivity index (χ3v) is 2.45. The molecule has 0 saturated carbocycles. The predicted molar refractivity (Wildman–Crippen MR) is 53.2 cm³/mol. The van der Waals surface area contributed by atoms with Gasteiger partial charge in [-0.25, -0.2) is 17.6 Å². The fraction of sp³-hybridized carbons (Fsp3) is 0. The first-order chi connectivity index (χ1) is 8.51. The van der Waals surface area contributed by atoms with Crippen molar-refractivity contribution < 1.29 is 17.6 Å². The molecular weight excluding hydrogens is 248 g/mol. The van der Waals surface area contributed by atoms with Crippen LogP contribution in [0.15, 0.2) is 12.1 Å². The Hall–Kier alpha value is -2.60.